The van der Waals surface area contributed by atoms with Crippen LogP contribution < -0.4 is 10.5 Å². The SMILES string of the molecule is NC(=O)[C@H]1CCO[C@@H]1C1CCN(CCOc2ccc(F)cc2)CC1. The summed E-state index contributed by atoms with van der Waals surface area (Å²) in [7, 11) is 0. The fourth-order valence-electron chi connectivity index (χ4n) is 3.71. The molecule has 1 amide bonds. The number of nitrogens with two attached hydrogens (primary N) is 1. The van der Waals surface area contributed by atoms with E-state index in [1.807, 2.05) is 0 Å². The van der Waals surface area contributed by atoms with Crippen LogP contribution in [0.2, 0.25) is 0 Å². The van der Waals surface area contributed by atoms with Crippen LogP contribution in [0.3, 0.4) is 0 Å². The summed E-state index contributed by atoms with van der Waals surface area (Å²) in [6.45, 7) is 4.02. The van der Waals surface area contributed by atoms with Crippen LogP contribution >= 0.6 is 0 Å². The highest BCUT2D eigenvalue weighted by Crippen LogP contribution is 2.32. The van der Waals surface area contributed by atoms with Gasteiger partial charge in [-0.1, -0.05) is 0 Å². The molecular weight excluding hydrogens is 311 g/mol. The van der Waals surface area contributed by atoms with Gasteiger partial charge >= 0.3 is 0 Å². The summed E-state index contributed by atoms with van der Waals surface area (Å²) >= 11 is 0. The van der Waals surface area contributed by atoms with Gasteiger partial charge in [0.1, 0.15) is 18.2 Å². The molecule has 2 saturated heterocycles. The second-order valence-electron chi connectivity index (χ2n) is 6.61. The van der Waals surface area contributed by atoms with E-state index >= 15 is 0 Å². The average Bonchev–Trinajstić information content (AvgIpc) is 3.07. The number of halogens is 1. The van der Waals surface area contributed by atoms with Crippen molar-refractivity contribution >= 4 is 5.91 Å². The van der Waals surface area contributed by atoms with Crippen molar-refractivity contribution in [2.75, 3.05) is 32.8 Å². The Balaban J connectivity index is 1.39. The summed E-state index contributed by atoms with van der Waals surface area (Å²) in [6, 6.07) is 6.08. The first kappa shape index (κ1) is 17.2. The third kappa shape index (κ3) is 4.24. The molecule has 3 rings (SSSR count). The Kier molecular flexibility index (Phi) is 5.68. The van der Waals surface area contributed by atoms with Gasteiger partial charge in [0.2, 0.25) is 5.91 Å². The number of rotatable bonds is 6. The lowest BCUT2D eigenvalue weighted by Crippen LogP contribution is -2.43. The van der Waals surface area contributed by atoms with E-state index in [-0.39, 0.29) is 23.7 Å². The fraction of sp³-hybridized carbons (Fsp3) is 0.611. The lowest BCUT2D eigenvalue weighted by molar-refractivity contribution is -0.124. The maximum Gasteiger partial charge on any atom is 0.223 e. The molecule has 132 valence electrons. The summed E-state index contributed by atoms with van der Waals surface area (Å²) in [4.78, 5) is 13.9. The van der Waals surface area contributed by atoms with Crippen molar-refractivity contribution in [2.24, 2.45) is 17.6 Å². The molecule has 6 heteroatoms. The van der Waals surface area contributed by atoms with Crippen molar-refractivity contribution in [3.05, 3.63) is 30.1 Å². The number of primary amides is 1. The minimum absolute atomic E-state index is 0.000107. The number of hydrogen-bond donors (Lipinski definition) is 1. The largest absolute Gasteiger partial charge is 0.492 e. The molecule has 1 aromatic carbocycles. The van der Waals surface area contributed by atoms with Gasteiger partial charge in [0.05, 0.1) is 12.0 Å². The summed E-state index contributed by atoms with van der Waals surface area (Å²) in [5.74, 6) is 0.498. The Morgan fingerprint density at radius 2 is 1.96 bits per heavy atom. The standard InChI is InChI=1S/C18H25FN2O3/c19-14-1-3-15(4-2-14)23-12-10-21-8-5-13(6-9-21)17-16(18(20)22)7-11-24-17/h1-4,13,16-17H,5-12H2,(H2,20,22)/t16-,17+/m0/s1. The summed E-state index contributed by atoms with van der Waals surface area (Å²) in [6.07, 6.45) is 2.79. The molecule has 0 aromatic heterocycles. The molecule has 2 aliphatic heterocycles. The minimum atomic E-state index is -0.257. The number of nitrogens with zero attached hydrogens (tertiary/aromatic N) is 1. The van der Waals surface area contributed by atoms with Gasteiger partial charge in [-0.25, -0.2) is 4.39 Å². The highest BCUT2D eigenvalue weighted by atomic mass is 19.1. The van der Waals surface area contributed by atoms with Crippen LogP contribution in [0.15, 0.2) is 24.3 Å². The van der Waals surface area contributed by atoms with Gasteiger partial charge in [-0.3, -0.25) is 9.69 Å². The molecule has 0 unspecified atom stereocenters. The van der Waals surface area contributed by atoms with Crippen molar-refractivity contribution < 1.29 is 18.7 Å². The molecule has 0 bridgehead atoms. The van der Waals surface area contributed by atoms with Crippen LogP contribution in [0.5, 0.6) is 5.75 Å². The predicted molar refractivity (Wildman–Crippen MR) is 88.1 cm³/mol. The van der Waals surface area contributed by atoms with Crippen molar-refractivity contribution in [3.63, 3.8) is 0 Å². The second-order valence-corrected chi connectivity index (χ2v) is 6.61. The number of ether oxygens (including phenoxy) is 2. The second kappa shape index (κ2) is 7.94. The molecule has 0 saturated carbocycles. The summed E-state index contributed by atoms with van der Waals surface area (Å²) in [5, 5.41) is 0. The van der Waals surface area contributed by atoms with Gasteiger partial charge in [-0.05, 0) is 62.5 Å². The van der Waals surface area contributed by atoms with Crippen LogP contribution in [0.25, 0.3) is 0 Å². The zero-order valence-electron chi connectivity index (χ0n) is 13.8. The Hall–Kier alpha value is -1.66. The zero-order chi connectivity index (χ0) is 16.9. The maximum absolute atomic E-state index is 12.8. The topological polar surface area (TPSA) is 64.8 Å². The summed E-state index contributed by atoms with van der Waals surface area (Å²) in [5.41, 5.74) is 5.48. The Bertz CT molecular complexity index is 544. The van der Waals surface area contributed by atoms with E-state index in [1.165, 1.54) is 12.1 Å². The van der Waals surface area contributed by atoms with Crippen LogP contribution in [-0.4, -0.2) is 49.8 Å². The van der Waals surface area contributed by atoms with E-state index in [9.17, 15) is 9.18 Å². The third-order valence-electron chi connectivity index (χ3n) is 5.09. The maximum atomic E-state index is 12.8. The van der Waals surface area contributed by atoms with E-state index in [0.717, 1.165) is 38.9 Å². The minimum Gasteiger partial charge on any atom is -0.492 e. The van der Waals surface area contributed by atoms with E-state index in [4.69, 9.17) is 15.2 Å². The van der Waals surface area contributed by atoms with Crippen LogP contribution in [-0.2, 0) is 9.53 Å². The van der Waals surface area contributed by atoms with E-state index in [1.54, 1.807) is 12.1 Å². The third-order valence-corrected chi connectivity index (χ3v) is 5.09. The number of benzene rings is 1. The first-order chi connectivity index (χ1) is 11.6. The van der Waals surface area contributed by atoms with Crippen LogP contribution in [0.1, 0.15) is 19.3 Å². The van der Waals surface area contributed by atoms with Gasteiger partial charge in [-0.15, -0.1) is 0 Å². The molecule has 0 aliphatic carbocycles. The molecular formula is C18H25FN2O3. The van der Waals surface area contributed by atoms with Gasteiger partial charge in [0.15, 0.2) is 0 Å². The molecule has 2 aliphatic rings. The number of carbonyl (C=O) groups is 1. The highest BCUT2D eigenvalue weighted by molar-refractivity contribution is 5.77. The number of hydrogen-bond acceptors (Lipinski definition) is 4. The van der Waals surface area contributed by atoms with Crippen molar-refractivity contribution in [1.29, 1.82) is 0 Å². The Morgan fingerprint density at radius 1 is 1.25 bits per heavy atom. The van der Waals surface area contributed by atoms with E-state index in [2.05, 4.69) is 4.90 Å². The van der Waals surface area contributed by atoms with Crippen LogP contribution in [0, 0.1) is 17.7 Å². The predicted octanol–water partition coefficient (Wildman–Crippen LogP) is 1.81. The Labute approximate surface area is 141 Å². The first-order valence-electron chi connectivity index (χ1n) is 8.65. The molecule has 0 radical (unpaired) electrons. The van der Waals surface area contributed by atoms with Crippen molar-refractivity contribution in [1.82, 2.24) is 4.90 Å². The smallest absolute Gasteiger partial charge is 0.223 e. The first-order valence-corrected chi connectivity index (χ1v) is 8.65. The highest BCUT2D eigenvalue weighted by Gasteiger charge is 2.39. The number of carbonyl (C=O) groups excluding carboxylic acids is 1. The van der Waals surface area contributed by atoms with Crippen LogP contribution in [0.4, 0.5) is 4.39 Å². The number of amides is 1. The molecule has 1 aromatic rings. The number of piperidine rings is 1. The molecule has 2 heterocycles. The van der Waals surface area contributed by atoms with E-state index < -0.39 is 0 Å². The molecule has 2 N–H and O–H groups in total. The number of likely N-dealkylation sites (tertiary alicyclic amines) is 1. The Morgan fingerprint density at radius 3 is 2.62 bits per heavy atom. The quantitative estimate of drug-likeness (QED) is 0.860. The lowest BCUT2D eigenvalue weighted by atomic mass is 9.84. The molecule has 0 spiro atoms. The van der Waals surface area contributed by atoms with Gasteiger partial charge < -0.3 is 15.2 Å². The monoisotopic (exact) mass is 336 g/mol. The molecule has 5 nitrogen and oxygen atoms in total. The van der Waals surface area contributed by atoms with Gasteiger partial charge in [0.25, 0.3) is 0 Å². The van der Waals surface area contributed by atoms with Gasteiger partial charge in [-0.2, -0.15) is 0 Å². The lowest BCUT2D eigenvalue weighted by Gasteiger charge is -2.35. The van der Waals surface area contributed by atoms with Gasteiger partial charge in [0, 0.05) is 13.2 Å². The van der Waals surface area contributed by atoms with Crippen molar-refractivity contribution in [3.8, 4) is 5.75 Å². The van der Waals surface area contributed by atoms with Crippen molar-refractivity contribution in [2.45, 2.75) is 25.4 Å². The molecule has 24 heavy (non-hydrogen) atoms. The molecule has 2 atom stereocenters. The zero-order valence-corrected chi connectivity index (χ0v) is 13.8. The normalized spacial score (nSPS) is 25.7. The average molecular weight is 336 g/mol. The summed E-state index contributed by atoms with van der Waals surface area (Å²) < 4.78 is 24.3. The van der Waals surface area contributed by atoms with E-state index in [0.29, 0.717) is 24.9 Å². The molecule has 2 fully saturated rings. The fourth-order valence-corrected chi connectivity index (χ4v) is 3.71.